The molecule has 5 nitrogen and oxygen atoms in total. The highest BCUT2D eigenvalue weighted by molar-refractivity contribution is 5.98. The number of nitrogens with one attached hydrogen (secondary N) is 3. The van der Waals surface area contributed by atoms with Gasteiger partial charge < -0.3 is 10.6 Å². The first-order chi connectivity index (χ1) is 8.54. The van der Waals surface area contributed by atoms with Crippen molar-refractivity contribution in [1.82, 2.24) is 10.6 Å². The van der Waals surface area contributed by atoms with Gasteiger partial charge in [0.05, 0.1) is 0 Å². The van der Waals surface area contributed by atoms with Crippen molar-refractivity contribution in [3.05, 3.63) is 29.8 Å². The van der Waals surface area contributed by atoms with Crippen molar-refractivity contribution >= 4 is 17.6 Å². The molecule has 1 unspecified atom stereocenters. The Morgan fingerprint density at radius 3 is 2.56 bits per heavy atom. The maximum Gasteiger partial charge on any atom is 0.321 e. The molecule has 5 heteroatoms. The lowest BCUT2D eigenvalue weighted by molar-refractivity contribution is -0.120. The molecule has 0 aromatic heterocycles. The molecule has 18 heavy (non-hydrogen) atoms. The summed E-state index contributed by atoms with van der Waals surface area (Å²) < 4.78 is 0. The molecule has 0 aliphatic heterocycles. The molecule has 1 atom stereocenters. The number of amides is 3. The zero-order valence-corrected chi connectivity index (χ0v) is 10.9. The van der Waals surface area contributed by atoms with Crippen LogP contribution in [0.3, 0.4) is 0 Å². The van der Waals surface area contributed by atoms with E-state index in [2.05, 4.69) is 16.0 Å². The second-order valence-electron chi connectivity index (χ2n) is 4.03. The SMILES string of the molecule is CCNC(=O)NC(=O)C(C)Nc1ccccc1C. The van der Waals surface area contributed by atoms with E-state index in [1.807, 2.05) is 31.2 Å². The predicted molar refractivity (Wildman–Crippen MR) is 71.5 cm³/mol. The molecule has 0 aliphatic carbocycles. The normalized spacial score (nSPS) is 11.5. The molecule has 3 amide bonds. The van der Waals surface area contributed by atoms with Crippen molar-refractivity contribution in [3.63, 3.8) is 0 Å². The maximum atomic E-state index is 11.7. The molecule has 1 aromatic rings. The summed E-state index contributed by atoms with van der Waals surface area (Å²) in [7, 11) is 0. The topological polar surface area (TPSA) is 70.2 Å². The number of carbonyl (C=O) groups excluding carboxylic acids is 2. The van der Waals surface area contributed by atoms with E-state index in [9.17, 15) is 9.59 Å². The second kappa shape index (κ2) is 6.64. The number of imide groups is 1. The van der Waals surface area contributed by atoms with Gasteiger partial charge in [0.25, 0.3) is 0 Å². The van der Waals surface area contributed by atoms with Crippen LogP contribution in [0.15, 0.2) is 24.3 Å². The molecular weight excluding hydrogens is 230 g/mol. The minimum Gasteiger partial charge on any atom is -0.374 e. The second-order valence-corrected chi connectivity index (χ2v) is 4.03. The van der Waals surface area contributed by atoms with Gasteiger partial charge in [0.2, 0.25) is 5.91 Å². The van der Waals surface area contributed by atoms with Gasteiger partial charge in [0.15, 0.2) is 0 Å². The highest BCUT2D eigenvalue weighted by Gasteiger charge is 2.15. The van der Waals surface area contributed by atoms with Crippen LogP contribution in [0.4, 0.5) is 10.5 Å². The first-order valence-corrected chi connectivity index (χ1v) is 5.95. The summed E-state index contributed by atoms with van der Waals surface area (Å²) in [6.45, 7) is 5.94. The van der Waals surface area contributed by atoms with E-state index < -0.39 is 12.1 Å². The summed E-state index contributed by atoms with van der Waals surface area (Å²) in [5.41, 5.74) is 1.94. The molecule has 3 N–H and O–H groups in total. The van der Waals surface area contributed by atoms with E-state index in [4.69, 9.17) is 0 Å². The summed E-state index contributed by atoms with van der Waals surface area (Å²) in [6.07, 6.45) is 0. The zero-order valence-electron chi connectivity index (χ0n) is 10.9. The van der Waals surface area contributed by atoms with Crippen LogP contribution in [-0.2, 0) is 4.79 Å². The fourth-order valence-corrected chi connectivity index (χ4v) is 1.46. The molecule has 98 valence electrons. The first-order valence-electron chi connectivity index (χ1n) is 5.95. The smallest absolute Gasteiger partial charge is 0.321 e. The third kappa shape index (κ3) is 4.08. The zero-order chi connectivity index (χ0) is 13.5. The number of hydrogen-bond donors (Lipinski definition) is 3. The Balaban J connectivity index is 2.55. The van der Waals surface area contributed by atoms with Crippen LogP contribution >= 0.6 is 0 Å². The Bertz CT molecular complexity index is 432. The minimum absolute atomic E-state index is 0.357. The van der Waals surface area contributed by atoms with E-state index >= 15 is 0 Å². The van der Waals surface area contributed by atoms with Gasteiger partial charge >= 0.3 is 6.03 Å². The lowest BCUT2D eigenvalue weighted by atomic mass is 10.2. The number of carbonyl (C=O) groups is 2. The maximum absolute atomic E-state index is 11.7. The number of rotatable bonds is 4. The van der Waals surface area contributed by atoms with Crippen LogP contribution in [0.5, 0.6) is 0 Å². The van der Waals surface area contributed by atoms with Crippen LogP contribution < -0.4 is 16.0 Å². The van der Waals surface area contributed by atoms with Gasteiger partial charge in [-0.3, -0.25) is 10.1 Å². The van der Waals surface area contributed by atoms with E-state index in [1.165, 1.54) is 0 Å². The van der Waals surface area contributed by atoms with E-state index in [-0.39, 0.29) is 5.91 Å². The molecule has 0 aliphatic rings. The Labute approximate surface area is 107 Å². The molecule has 1 rings (SSSR count). The summed E-state index contributed by atoms with van der Waals surface area (Å²) in [5, 5.41) is 7.84. The van der Waals surface area contributed by atoms with Gasteiger partial charge in [-0.2, -0.15) is 0 Å². The van der Waals surface area contributed by atoms with Crippen molar-refractivity contribution in [2.45, 2.75) is 26.8 Å². The monoisotopic (exact) mass is 249 g/mol. The third-order valence-electron chi connectivity index (χ3n) is 2.48. The number of anilines is 1. The number of aryl methyl sites for hydroxylation is 1. The molecular formula is C13H19N3O2. The van der Waals surface area contributed by atoms with E-state index in [1.54, 1.807) is 13.8 Å². The van der Waals surface area contributed by atoms with Crippen molar-refractivity contribution < 1.29 is 9.59 Å². The van der Waals surface area contributed by atoms with Crippen LogP contribution in [-0.4, -0.2) is 24.5 Å². The molecule has 0 heterocycles. The molecule has 0 saturated carbocycles. The molecule has 0 fully saturated rings. The van der Waals surface area contributed by atoms with Crippen LogP contribution in [0.2, 0.25) is 0 Å². The molecule has 0 bridgehead atoms. The first kappa shape index (κ1) is 14.0. The third-order valence-corrected chi connectivity index (χ3v) is 2.48. The summed E-state index contributed by atoms with van der Waals surface area (Å²) >= 11 is 0. The van der Waals surface area contributed by atoms with Gasteiger partial charge in [-0.25, -0.2) is 4.79 Å². The van der Waals surface area contributed by atoms with Crippen molar-refractivity contribution in [2.75, 3.05) is 11.9 Å². The van der Waals surface area contributed by atoms with Crippen molar-refractivity contribution in [2.24, 2.45) is 0 Å². The number of hydrogen-bond acceptors (Lipinski definition) is 3. The van der Waals surface area contributed by atoms with Gasteiger partial charge in [-0.05, 0) is 32.4 Å². The van der Waals surface area contributed by atoms with Gasteiger partial charge in [0, 0.05) is 12.2 Å². The van der Waals surface area contributed by atoms with Crippen molar-refractivity contribution in [1.29, 1.82) is 0 Å². The summed E-state index contributed by atoms with van der Waals surface area (Å²) in [4.78, 5) is 22.9. The number of benzene rings is 1. The fourth-order valence-electron chi connectivity index (χ4n) is 1.46. The highest BCUT2D eigenvalue weighted by Crippen LogP contribution is 2.14. The lowest BCUT2D eigenvalue weighted by Crippen LogP contribution is -2.45. The van der Waals surface area contributed by atoms with Crippen LogP contribution in [0.25, 0.3) is 0 Å². The van der Waals surface area contributed by atoms with Gasteiger partial charge in [0.1, 0.15) is 6.04 Å². The Morgan fingerprint density at radius 2 is 1.94 bits per heavy atom. The molecule has 0 saturated heterocycles. The summed E-state index contributed by atoms with van der Waals surface area (Å²) in [5.74, 6) is -0.357. The Kier molecular flexibility index (Phi) is 5.17. The lowest BCUT2D eigenvalue weighted by Gasteiger charge is -2.16. The Morgan fingerprint density at radius 1 is 1.28 bits per heavy atom. The highest BCUT2D eigenvalue weighted by atomic mass is 16.2. The fraction of sp³-hybridized carbons (Fsp3) is 0.385. The largest absolute Gasteiger partial charge is 0.374 e. The average molecular weight is 249 g/mol. The minimum atomic E-state index is -0.478. The number of urea groups is 1. The molecule has 0 spiro atoms. The van der Waals surface area contributed by atoms with Gasteiger partial charge in [-0.15, -0.1) is 0 Å². The van der Waals surface area contributed by atoms with Crippen LogP contribution in [0, 0.1) is 6.92 Å². The standard InChI is InChI=1S/C13H19N3O2/c1-4-14-13(18)16-12(17)10(3)15-11-8-6-5-7-9(11)2/h5-8,10,15H,4H2,1-3H3,(H2,14,16,17,18). The molecule has 1 aromatic carbocycles. The van der Waals surface area contributed by atoms with Crippen LogP contribution in [0.1, 0.15) is 19.4 Å². The Hall–Kier alpha value is -2.04. The van der Waals surface area contributed by atoms with Gasteiger partial charge in [-0.1, -0.05) is 18.2 Å². The van der Waals surface area contributed by atoms with E-state index in [0.29, 0.717) is 6.54 Å². The quantitative estimate of drug-likeness (QED) is 0.759. The van der Waals surface area contributed by atoms with Crippen molar-refractivity contribution in [3.8, 4) is 0 Å². The predicted octanol–water partition coefficient (Wildman–Crippen LogP) is 1.64. The van der Waals surface area contributed by atoms with E-state index in [0.717, 1.165) is 11.3 Å². The summed E-state index contributed by atoms with van der Waals surface area (Å²) in [6, 6.07) is 6.72. The molecule has 0 radical (unpaired) electrons. The number of para-hydroxylation sites is 1. The average Bonchev–Trinajstić information content (AvgIpc) is 2.32.